The largest absolute Gasteiger partial charge is 0.508 e. The monoisotopic (exact) mass is 1240 g/mol. The summed E-state index contributed by atoms with van der Waals surface area (Å²) in [4.78, 5) is 147. The second-order valence-corrected chi connectivity index (χ2v) is 25.3. The number of nitrogens with zero attached hydrogens (tertiary/aromatic N) is 2. The number of phenolic OH excluding ortho intramolecular Hbond substituents is 1. The van der Waals surface area contributed by atoms with Gasteiger partial charge in [-0.25, -0.2) is 0 Å². The molecule has 6 rings (SSSR count). The maximum atomic E-state index is 15.2. The molecule has 1 aliphatic carbocycles. The Morgan fingerprint density at radius 1 is 0.736 bits per heavy atom. The topological polar surface area (TPSA) is 404 Å². The number of aliphatic imine (C=N–C) groups is 1. The van der Waals surface area contributed by atoms with Crippen molar-refractivity contribution >= 4 is 86.6 Å². The van der Waals surface area contributed by atoms with Crippen molar-refractivity contribution in [2.24, 2.45) is 33.8 Å². The van der Waals surface area contributed by atoms with E-state index in [1.807, 2.05) is 6.92 Å². The molecule has 3 aliphatic rings. The third-order valence-electron chi connectivity index (χ3n) is 15.3. The van der Waals surface area contributed by atoms with E-state index in [4.69, 9.17) is 27.7 Å². The molecule has 0 bridgehead atoms. The van der Waals surface area contributed by atoms with Crippen LogP contribution in [0.2, 0.25) is 0 Å². The fourth-order valence-electron chi connectivity index (χ4n) is 10.7. The van der Waals surface area contributed by atoms with Crippen LogP contribution in [-0.4, -0.2) is 154 Å². The molecule has 0 radical (unpaired) electrons. The predicted molar refractivity (Wildman–Crippen MR) is 330 cm³/mol. The normalized spacial score (nSPS) is 22.2. The number of rotatable bonds is 21. The maximum Gasteiger partial charge on any atom is 0.246 e. The second kappa shape index (κ2) is 33.2. The lowest BCUT2D eigenvalue weighted by Crippen LogP contribution is -2.62. The number of benzene rings is 3. The molecule has 2 aliphatic heterocycles. The van der Waals surface area contributed by atoms with Gasteiger partial charge in [0.05, 0.1) is 13.0 Å². The van der Waals surface area contributed by atoms with E-state index in [-0.39, 0.29) is 75.5 Å². The number of primary amides is 2. The van der Waals surface area contributed by atoms with Crippen molar-refractivity contribution in [3.05, 3.63) is 95.6 Å². The van der Waals surface area contributed by atoms with E-state index in [1.165, 1.54) is 38.6 Å². The lowest BCUT2D eigenvalue weighted by molar-refractivity contribution is -0.142. The molecule has 3 aromatic carbocycles. The number of hydrogen-bond acceptors (Lipinski definition) is 15. The third-order valence-corrected chi connectivity index (χ3v) is 18.6. The van der Waals surface area contributed by atoms with E-state index in [2.05, 4.69) is 42.2 Å². The van der Waals surface area contributed by atoms with Gasteiger partial charge in [-0.1, -0.05) is 109 Å². The molecular formula is C60H83N13O12S2. The van der Waals surface area contributed by atoms with Gasteiger partial charge in [-0.05, 0) is 92.3 Å². The zero-order chi connectivity index (χ0) is 63.2. The number of likely N-dealkylation sites (tertiary alicyclic amines) is 1. The average Bonchev–Trinajstić information content (AvgIpc) is 4.00. The van der Waals surface area contributed by atoms with Gasteiger partial charge in [0.15, 0.2) is 5.96 Å². The number of carbonyl (C=O) groups is 10. The number of amides is 10. The van der Waals surface area contributed by atoms with Gasteiger partial charge in [-0.15, -0.1) is 0 Å². The van der Waals surface area contributed by atoms with Gasteiger partial charge in [-0.2, -0.15) is 0 Å². The molecule has 2 heterocycles. The second-order valence-electron chi connectivity index (χ2n) is 22.5. The minimum absolute atomic E-state index is 0.0140. The fraction of sp³-hybridized carbons (Fsp3) is 0.517. The number of nitrogens with one attached hydrogen (secondary N) is 7. The summed E-state index contributed by atoms with van der Waals surface area (Å²) >= 11 is 0. The van der Waals surface area contributed by atoms with Crippen molar-refractivity contribution < 1.29 is 57.8 Å². The van der Waals surface area contributed by atoms with Crippen molar-refractivity contribution in [2.45, 2.75) is 164 Å². The molecule has 27 heteroatoms. The molecule has 3 fully saturated rings. The summed E-state index contributed by atoms with van der Waals surface area (Å²) in [5.74, 6) is -8.21. The number of aromatic hydroxyl groups is 1. The SMILES string of the molecule is CCOc1ccc(CC2NC(=O)CC3(CCCCC3)SSCC(C(=O)N3CCC[C@H]3C(=O)N[C@@H](CCCN=C(N)N)C(=O)N[C@@H](Cc3ccc(O)cc3)C(N)=O)NC(=O)[C@H](CC(N)=O)NC(=O)[C@H](C(C)C)NC(=O)C(Cc3ccccc3)NC2=O)cc1. The molecule has 87 heavy (non-hydrogen) atoms. The van der Waals surface area contributed by atoms with Crippen LogP contribution in [-0.2, 0) is 67.2 Å². The van der Waals surface area contributed by atoms with Gasteiger partial charge in [0.25, 0.3) is 0 Å². The Kier molecular flexibility index (Phi) is 25.9. The Hall–Kier alpha value is -8.07. The van der Waals surface area contributed by atoms with E-state index in [1.54, 1.807) is 80.6 Å². The van der Waals surface area contributed by atoms with E-state index < -0.39 is 124 Å². The minimum Gasteiger partial charge on any atom is -0.508 e. The number of ether oxygens (including phenoxy) is 1. The molecule has 25 nitrogen and oxygen atoms in total. The Labute approximate surface area is 514 Å². The molecule has 472 valence electrons. The number of guanidine groups is 1. The zero-order valence-corrected chi connectivity index (χ0v) is 51.0. The zero-order valence-electron chi connectivity index (χ0n) is 49.4. The smallest absolute Gasteiger partial charge is 0.246 e. The summed E-state index contributed by atoms with van der Waals surface area (Å²) in [6.45, 7) is 5.69. The van der Waals surface area contributed by atoms with Crippen molar-refractivity contribution in [3.63, 3.8) is 0 Å². The Morgan fingerprint density at radius 3 is 1.99 bits per heavy atom. The van der Waals surface area contributed by atoms with E-state index >= 15 is 4.79 Å². The number of nitrogens with two attached hydrogens (primary N) is 4. The van der Waals surface area contributed by atoms with Crippen molar-refractivity contribution in [3.8, 4) is 11.5 Å². The van der Waals surface area contributed by atoms with Gasteiger partial charge in [0, 0.05) is 49.3 Å². The van der Waals surface area contributed by atoms with Crippen molar-refractivity contribution in [1.29, 1.82) is 0 Å². The standard InChI is InChI=1S/C60H83N13O12S2/c1-4-85-40-23-19-38(20-24-40)31-43-53(79)69-44(30-36-13-7-5-8-14-36)55(81)72-50(35(2)3)57(83)70-45(32-48(61)75)54(80)71-46(34-86-87-60(33-49(76)66-43)25-9-6-10-26-60)58(84)73-28-12-16-47(73)56(82)67-41(15-11-27-65-59(63)64)52(78)68-42(51(62)77)29-37-17-21-39(74)22-18-37/h5,7-8,13-14,17-24,35,41-47,50,74H,4,6,9-12,15-16,25-34H2,1-3H3,(H2,61,75)(H2,62,77)(H,66,76)(H,67,82)(H,68,78)(H,69,79)(H,70,83)(H,71,80)(H,72,81)(H4,63,64,65)/t41-,42-,43?,44?,45-,46?,47-,50-/m0/s1. The highest BCUT2D eigenvalue weighted by Gasteiger charge is 2.43. The fourth-order valence-corrected chi connectivity index (χ4v) is 14.1. The van der Waals surface area contributed by atoms with Crippen LogP contribution in [0.25, 0.3) is 0 Å². The van der Waals surface area contributed by atoms with Gasteiger partial charge < -0.3 is 74.9 Å². The molecular weight excluding hydrogens is 1160 g/mol. The van der Waals surface area contributed by atoms with Crippen LogP contribution in [0.3, 0.4) is 0 Å². The summed E-state index contributed by atoms with van der Waals surface area (Å²) in [6.07, 6.45) is 3.39. The van der Waals surface area contributed by atoms with E-state index in [0.717, 1.165) is 19.3 Å². The maximum absolute atomic E-state index is 15.2. The molecule has 2 saturated heterocycles. The first kappa shape index (κ1) is 68.0. The summed E-state index contributed by atoms with van der Waals surface area (Å²) in [7, 11) is 2.57. The van der Waals surface area contributed by atoms with Gasteiger partial charge in [0.1, 0.15) is 59.8 Å². The molecule has 1 spiro atoms. The lowest BCUT2D eigenvalue weighted by Gasteiger charge is -2.37. The number of phenols is 1. The molecule has 3 aromatic rings. The molecule has 8 atom stereocenters. The van der Waals surface area contributed by atoms with Gasteiger partial charge >= 0.3 is 0 Å². The third kappa shape index (κ3) is 21.1. The van der Waals surface area contributed by atoms with Crippen LogP contribution < -0.4 is 64.9 Å². The first-order valence-electron chi connectivity index (χ1n) is 29.4. The van der Waals surface area contributed by atoms with E-state index in [0.29, 0.717) is 48.3 Å². The highest BCUT2D eigenvalue weighted by atomic mass is 33.1. The summed E-state index contributed by atoms with van der Waals surface area (Å²) < 4.78 is 4.91. The Morgan fingerprint density at radius 2 is 1.36 bits per heavy atom. The van der Waals surface area contributed by atoms with E-state index in [9.17, 15) is 48.3 Å². The van der Waals surface area contributed by atoms with Gasteiger partial charge in [-0.3, -0.25) is 52.9 Å². The van der Waals surface area contributed by atoms with Crippen LogP contribution in [0.15, 0.2) is 83.9 Å². The Balaban J connectivity index is 1.33. The molecule has 1 saturated carbocycles. The minimum atomic E-state index is -1.68. The van der Waals surface area contributed by atoms with Crippen molar-refractivity contribution in [1.82, 2.24) is 42.1 Å². The highest BCUT2D eigenvalue weighted by molar-refractivity contribution is 8.77. The van der Waals surface area contributed by atoms with Crippen LogP contribution in [0.4, 0.5) is 0 Å². The first-order chi connectivity index (χ1) is 41.5. The first-order valence-corrected chi connectivity index (χ1v) is 31.7. The van der Waals surface area contributed by atoms with Gasteiger partial charge in [0.2, 0.25) is 59.1 Å². The molecule has 10 amide bonds. The van der Waals surface area contributed by atoms with Crippen LogP contribution in [0.5, 0.6) is 11.5 Å². The Bertz CT molecular complexity index is 2910. The van der Waals surface area contributed by atoms with Crippen LogP contribution in [0, 0.1) is 5.92 Å². The quantitative estimate of drug-likeness (QED) is 0.0303. The van der Waals surface area contributed by atoms with Crippen LogP contribution >= 0.6 is 21.6 Å². The summed E-state index contributed by atoms with van der Waals surface area (Å²) in [5.41, 5.74) is 24.4. The molecule has 3 unspecified atom stereocenters. The average molecular weight is 1240 g/mol. The van der Waals surface area contributed by atoms with Crippen molar-refractivity contribution in [2.75, 3.05) is 25.4 Å². The lowest BCUT2D eigenvalue weighted by atomic mass is 9.85. The van der Waals surface area contributed by atoms with Crippen LogP contribution in [0.1, 0.15) is 108 Å². The summed E-state index contributed by atoms with van der Waals surface area (Å²) in [6, 6.07) is 11.2. The predicted octanol–water partition coefficient (Wildman–Crippen LogP) is 0.762. The number of hydrogen-bond donors (Lipinski definition) is 12. The molecule has 16 N–H and O–H groups in total. The highest BCUT2D eigenvalue weighted by Crippen LogP contribution is 2.48. The number of carbonyl (C=O) groups excluding carboxylic acids is 10. The summed E-state index contributed by atoms with van der Waals surface area (Å²) in [5, 5.41) is 29.1. The molecule has 0 aromatic heterocycles.